The Morgan fingerprint density at radius 3 is 2.06 bits per heavy atom. The molecule has 0 aliphatic carbocycles. The fourth-order valence-electron chi connectivity index (χ4n) is 1.05. The van der Waals surface area contributed by atoms with Gasteiger partial charge in [-0.1, -0.05) is 0 Å². The highest BCUT2D eigenvalue weighted by Gasteiger charge is 2.42. The number of hydrogen-bond acceptors (Lipinski definition) is 3. The zero-order valence-corrected chi connectivity index (χ0v) is 10.6. The first-order valence-corrected chi connectivity index (χ1v) is 5.19. The van der Waals surface area contributed by atoms with Crippen LogP contribution in [-0.2, 0) is 6.18 Å². The Kier molecular flexibility index (Phi) is 4.18. The molecule has 0 saturated carbocycles. The quantitative estimate of drug-likeness (QED) is 0.442. The topological polar surface area (TPSA) is 31.4 Å². The largest absolute Gasteiger partial charge is 0.573 e. The molecule has 0 aliphatic rings. The molecule has 0 N–H and O–H groups in total. The fraction of sp³-hybridized carbons (Fsp3) is 0.375. The van der Waals surface area contributed by atoms with Gasteiger partial charge in [-0.05, 0) is 22.6 Å². The standard InChI is InChI=1S/C8H4F6INO2/c1-17-5-4(18-8(12,13)14)3(7(9,10)11)2-16-6(5)15/h2H,1H3. The molecule has 0 saturated heterocycles. The third-order valence-electron chi connectivity index (χ3n) is 1.67. The van der Waals surface area contributed by atoms with Crippen molar-refractivity contribution in [1.29, 1.82) is 0 Å². The molecule has 0 bridgehead atoms. The Bertz CT molecular complexity index is 444. The Morgan fingerprint density at radius 2 is 1.67 bits per heavy atom. The molecule has 1 aromatic heterocycles. The van der Waals surface area contributed by atoms with Gasteiger partial charge in [-0.15, -0.1) is 13.2 Å². The number of ether oxygens (including phenoxy) is 2. The van der Waals surface area contributed by atoms with E-state index in [4.69, 9.17) is 0 Å². The third kappa shape index (κ3) is 3.53. The van der Waals surface area contributed by atoms with E-state index in [0.29, 0.717) is 0 Å². The van der Waals surface area contributed by atoms with E-state index in [1.54, 1.807) is 0 Å². The van der Waals surface area contributed by atoms with Gasteiger partial charge in [0.25, 0.3) is 0 Å². The lowest BCUT2D eigenvalue weighted by Gasteiger charge is -2.18. The van der Waals surface area contributed by atoms with Gasteiger partial charge in [-0.25, -0.2) is 4.98 Å². The lowest BCUT2D eigenvalue weighted by atomic mass is 10.2. The van der Waals surface area contributed by atoms with Crippen LogP contribution >= 0.6 is 22.6 Å². The number of nitrogens with zero attached hydrogens (tertiary/aromatic N) is 1. The minimum atomic E-state index is -5.27. The van der Waals surface area contributed by atoms with Crippen LogP contribution in [-0.4, -0.2) is 18.5 Å². The maximum atomic E-state index is 12.5. The molecule has 102 valence electrons. The molecule has 1 aromatic rings. The molecule has 1 rings (SSSR count). The summed E-state index contributed by atoms with van der Waals surface area (Å²) < 4.78 is 81.5. The van der Waals surface area contributed by atoms with Crippen molar-refractivity contribution in [1.82, 2.24) is 4.98 Å². The SMILES string of the molecule is COc1c(I)ncc(C(F)(F)F)c1OC(F)(F)F. The van der Waals surface area contributed by atoms with Crippen LogP contribution < -0.4 is 9.47 Å². The molecule has 0 aliphatic heterocycles. The van der Waals surface area contributed by atoms with Crippen LogP contribution in [0.4, 0.5) is 26.3 Å². The number of aromatic nitrogens is 1. The smallest absolute Gasteiger partial charge is 0.490 e. The van der Waals surface area contributed by atoms with Gasteiger partial charge in [0.2, 0.25) is 0 Å². The van der Waals surface area contributed by atoms with Crippen LogP contribution in [0.1, 0.15) is 5.56 Å². The van der Waals surface area contributed by atoms with E-state index in [2.05, 4.69) is 14.5 Å². The van der Waals surface area contributed by atoms with Crippen molar-refractivity contribution in [2.24, 2.45) is 0 Å². The third-order valence-corrected chi connectivity index (χ3v) is 2.44. The maximum Gasteiger partial charge on any atom is 0.573 e. The van der Waals surface area contributed by atoms with Gasteiger partial charge in [-0.3, -0.25) is 0 Å². The summed E-state index contributed by atoms with van der Waals surface area (Å²) in [5, 5.41) is 0. The predicted molar refractivity (Wildman–Crippen MR) is 55.2 cm³/mol. The molecular weight excluding hydrogens is 383 g/mol. The van der Waals surface area contributed by atoms with Gasteiger partial charge in [0.15, 0.2) is 11.5 Å². The summed E-state index contributed by atoms with van der Waals surface area (Å²) in [6, 6.07) is 0. The van der Waals surface area contributed by atoms with Gasteiger partial charge in [-0.2, -0.15) is 13.2 Å². The molecule has 0 amide bonds. The Balaban J connectivity index is 3.45. The van der Waals surface area contributed by atoms with Gasteiger partial charge in [0, 0.05) is 6.20 Å². The molecule has 10 heteroatoms. The minimum Gasteiger partial charge on any atom is -0.490 e. The molecule has 3 nitrogen and oxygen atoms in total. The van der Waals surface area contributed by atoms with E-state index in [-0.39, 0.29) is 9.90 Å². The van der Waals surface area contributed by atoms with Gasteiger partial charge >= 0.3 is 12.5 Å². The molecule has 1 heterocycles. The summed E-state index contributed by atoms with van der Waals surface area (Å²) in [5.41, 5.74) is -1.66. The van der Waals surface area contributed by atoms with Crippen molar-refractivity contribution in [3.8, 4) is 11.5 Å². The fourth-order valence-corrected chi connectivity index (χ4v) is 1.65. The summed E-state index contributed by atoms with van der Waals surface area (Å²) in [4.78, 5) is 3.30. The average molecular weight is 387 g/mol. The van der Waals surface area contributed by atoms with E-state index in [0.717, 1.165) is 7.11 Å². The number of alkyl halides is 6. The molecular formula is C8H4F6INO2. The second-order valence-electron chi connectivity index (χ2n) is 2.87. The second-order valence-corrected chi connectivity index (χ2v) is 3.89. The van der Waals surface area contributed by atoms with E-state index in [1.807, 2.05) is 0 Å². The van der Waals surface area contributed by atoms with Crippen molar-refractivity contribution >= 4 is 22.6 Å². The van der Waals surface area contributed by atoms with Gasteiger partial charge in [0.05, 0.1) is 7.11 Å². The monoisotopic (exact) mass is 387 g/mol. The summed E-state index contributed by atoms with van der Waals surface area (Å²) >= 11 is 1.43. The first-order chi connectivity index (χ1) is 8.06. The maximum absolute atomic E-state index is 12.5. The molecule has 0 aromatic carbocycles. The first kappa shape index (κ1) is 15.1. The minimum absolute atomic E-state index is 0.178. The van der Waals surface area contributed by atoms with Gasteiger partial charge in [0.1, 0.15) is 9.26 Å². The van der Waals surface area contributed by atoms with Crippen LogP contribution in [0, 0.1) is 3.70 Å². The molecule has 18 heavy (non-hydrogen) atoms. The molecule has 0 unspecified atom stereocenters. The molecule has 0 spiro atoms. The predicted octanol–water partition coefficient (Wildman–Crippen LogP) is 3.61. The summed E-state index contributed by atoms with van der Waals surface area (Å²) in [7, 11) is 0.919. The van der Waals surface area contributed by atoms with E-state index in [1.165, 1.54) is 22.6 Å². The highest BCUT2D eigenvalue weighted by Crippen LogP contribution is 2.44. The average Bonchev–Trinajstić information content (AvgIpc) is 2.13. The molecule has 0 atom stereocenters. The lowest BCUT2D eigenvalue weighted by Crippen LogP contribution is -2.21. The zero-order chi connectivity index (χ0) is 14.1. The highest BCUT2D eigenvalue weighted by atomic mass is 127. The van der Waals surface area contributed by atoms with Crippen LogP contribution in [0.3, 0.4) is 0 Å². The summed E-state index contributed by atoms with van der Waals surface area (Å²) in [5.74, 6) is -2.17. The van der Waals surface area contributed by atoms with E-state index in [9.17, 15) is 26.3 Å². The number of rotatable bonds is 2. The molecule has 0 radical (unpaired) electrons. The van der Waals surface area contributed by atoms with E-state index < -0.39 is 29.6 Å². The highest BCUT2D eigenvalue weighted by molar-refractivity contribution is 14.1. The number of halogens is 7. The summed E-state index contributed by atoms with van der Waals surface area (Å²) in [6.07, 6.45) is -10.0. The normalized spacial score (nSPS) is 12.4. The van der Waals surface area contributed by atoms with Crippen LogP contribution in [0.25, 0.3) is 0 Å². The second kappa shape index (κ2) is 4.97. The number of pyridine rings is 1. The summed E-state index contributed by atoms with van der Waals surface area (Å²) in [6.45, 7) is 0. The zero-order valence-electron chi connectivity index (χ0n) is 8.49. The molecule has 0 fully saturated rings. The number of hydrogen-bond donors (Lipinski definition) is 0. The lowest BCUT2D eigenvalue weighted by molar-refractivity contribution is -0.276. The van der Waals surface area contributed by atoms with Gasteiger partial charge < -0.3 is 9.47 Å². The Labute approximate surface area is 110 Å². The number of methoxy groups -OCH3 is 1. The Hall–Kier alpha value is -0.940. The van der Waals surface area contributed by atoms with Crippen molar-refractivity contribution in [3.05, 3.63) is 15.5 Å². The van der Waals surface area contributed by atoms with Crippen molar-refractivity contribution < 1.29 is 35.8 Å². The van der Waals surface area contributed by atoms with Crippen LogP contribution in [0.2, 0.25) is 0 Å². The first-order valence-electron chi connectivity index (χ1n) is 4.11. The van der Waals surface area contributed by atoms with E-state index >= 15 is 0 Å². The van der Waals surface area contributed by atoms with Crippen molar-refractivity contribution in [2.45, 2.75) is 12.5 Å². The van der Waals surface area contributed by atoms with Crippen LogP contribution in [0.5, 0.6) is 11.5 Å². The van der Waals surface area contributed by atoms with Crippen molar-refractivity contribution in [2.75, 3.05) is 7.11 Å². The van der Waals surface area contributed by atoms with Crippen LogP contribution in [0.15, 0.2) is 6.20 Å². The Morgan fingerprint density at radius 1 is 1.11 bits per heavy atom. The van der Waals surface area contributed by atoms with Crippen molar-refractivity contribution in [3.63, 3.8) is 0 Å².